The highest BCUT2D eigenvalue weighted by molar-refractivity contribution is 7.62. The summed E-state index contributed by atoms with van der Waals surface area (Å²) in [4.78, 5) is 0. The van der Waals surface area contributed by atoms with Crippen LogP contribution in [0.5, 0.6) is 0 Å². The van der Waals surface area contributed by atoms with Crippen molar-refractivity contribution in [2.45, 2.75) is 0 Å². The molecule has 0 aromatic heterocycles. The van der Waals surface area contributed by atoms with Gasteiger partial charge in [-0.3, -0.25) is 0 Å². The van der Waals surface area contributed by atoms with Gasteiger partial charge in [-0.25, -0.2) is 0 Å². The van der Waals surface area contributed by atoms with Gasteiger partial charge in [0.1, 0.15) is 0 Å². The first kappa shape index (κ1) is 6.79. The molecule has 0 heterocycles. The Morgan fingerprint density at radius 2 is 2.14 bits per heavy atom. The van der Waals surface area contributed by atoms with Crippen LogP contribution in [0.1, 0.15) is 0 Å². The van der Waals surface area contributed by atoms with Crippen molar-refractivity contribution in [1.82, 2.24) is 0 Å². The second-order valence-electron chi connectivity index (χ2n) is 1.94. The van der Waals surface area contributed by atoms with Crippen LogP contribution in [-0.2, 0) is 4.57 Å². The summed E-state index contributed by atoms with van der Waals surface area (Å²) in [5.74, 6) is 2.34. The van der Waals surface area contributed by atoms with E-state index in [0.717, 1.165) is 0 Å². The van der Waals surface area contributed by atoms with Gasteiger partial charge >= 0.3 is 0 Å². The van der Waals surface area contributed by atoms with E-state index in [0.29, 0.717) is 6.16 Å². The fourth-order valence-corrected chi connectivity index (χ4v) is 0.660. The predicted octanol–water partition coefficient (Wildman–Crippen LogP) is 1.24. The Bertz CT molecular complexity index is 126. The molecule has 40 valence electrons. The Morgan fingerprint density at radius 3 is 2.14 bits per heavy atom. The van der Waals surface area contributed by atoms with E-state index in [1.807, 2.05) is 0 Å². The zero-order valence-corrected chi connectivity index (χ0v) is 5.53. The van der Waals surface area contributed by atoms with Gasteiger partial charge in [0.25, 0.3) is 0 Å². The normalized spacial score (nSPS) is 10.4. The van der Waals surface area contributed by atoms with Crippen LogP contribution >= 0.6 is 7.14 Å². The Labute approximate surface area is 44.5 Å². The molecule has 0 amide bonds. The highest BCUT2D eigenvalue weighted by atomic mass is 31.2. The SMILES string of the molecule is C#CCP(C)(C)=O. The maximum Gasteiger partial charge on any atom is 0.0932 e. The van der Waals surface area contributed by atoms with Gasteiger partial charge in [-0.1, -0.05) is 5.92 Å². The van der Waals surface area contributed by atoms with Crippen molar-refractivity contribution in [3.63, 3.8) is 0 Å². The van der Waals surface area contributed by atoms with Crippen molar-refractivity contribution >= 4 is 7.14 Å². The molecule has 0 atom stereocenters. The van der Waals surface area contributed by atoms with Gasteiger partial charge in [-0.05, 0) is 13.3 Å². The average molecular weight is 116 g/mol. The molecule has 0 aliphatic rings. The lowest BCUT2D eigenvalue weighted by molar-refractivity contribution is 0.584. The summed E-state index contributed by atoms with van der Waals surface area (Å²) in [6.07, 6.45) is 5.32. The van der Waals surface area contributed by atoms with Crippen molar-refractivity contribution in [2.24, 2.45) is 0 Å². The number of rotatable bonds is 1. The molecule has 1 nitrogen and oxygen atoms in total. The third-order valence-corrected chi connectivity index (χ3v) is 1.42. The molecule has 0 bridgehead atoms. The maximum atomic E-state index is 10.7. The van der Waals surface area contributed by atoms with Crippen LogP contribution in [0.25, 0.3) is 0 Å². The van der Waals surface area contributed by atoms with Crippen LogP contribution in [0.15, 0.2) is 0 Å². The molecule has 0 aromatic carbocycles. The quantitative estimate of drug-likeness (QED) is 0.372. The molecule has 0 saturated heterocycles. The molecule has 0 aliphatic heterocycles. The fraction of sp³-hybridized carbons (Fsp3) is 0.600. The van der Waals surface area contributed by atoms with E-state index in [1.165, 1.54) is 0 Å². The minimum absolute atomic E-state index is 0.424. The van der Waals surface area contributed by atoms with Crippen LogP contribution < -0.4 is 0 Å². The van der Waals surface area contributed by atoms with E-state index in [4.69, 9.17) is 6.42 Å². The maximum absolute atomic E-state index is 10.7. The Kier molecular flexibility index (Phi) is 2.12. The molecule has 0 aliphatic carbocycles. The summed E-state index contributed by atoms with van der Waals surface area (Å²) in [5, 5.41) is 0. The zero-order chi connectivity index (χ0) is 5.91. The van der Waals surface area contributed by atoms with Gasteiger partial charge < -0.3 is 4.57 Å². The van der Waals surface area contributed by atoms with Crippen LogP contribution in [0.2, 0.25) is 0 Å². The van der Waals surface area contributed by atoms with Crippen molar-refractivity contribution in [1.29, 1.82) is 0 Å². The largest absolute Gasteiger partial charge is 0.323 e. The van der Waals surface area contributed by atoms with Crippen LogP contribution in [0, 0.1) is 12.3 Å². The van der Waals surface area contributed by atoms with Crippen molar-refractivity contribution < 1.29 is 4.57 Å². The van der Waals surface area contributed by atoms with Gasteiger partial charge in [0.2, 0.25) is 0 Å². The van der Waals surface area contributed by atoms with Gasteiger partial charge in [-0.15, -0.1) is 6.42 Å². The second kappa shape index (κ2) is 2.19. The lowest BCUT2D eigenvalue weighted by atomic mass is 10.8. The number of hydrogen-bond acceptors (Lipinski definition) is 1. The first-order valence-electron chi connectivity index (χ1n) is 2.04. The minimum atomic E-state index is -1.90. The molecule has 0 fully saturated rings. The van der Waals surface area contributed by atoms with Gasteiger partial charge in [0, 0.05) is 0 Å². The van der Waals surface area contributed by atoms with E-state index in [-0.39, 0.29) is 0 Å². The fourth-order valence-electron chi connectivity index (χ4n) is 0.220. The summed E-state index contributed by atoms with van der Waals surface area (Å²) in [6.45, 7) is 3.37. The standard InChI is InChI=1S/C5H9OP/c1-4-5-7(2,3)6/h1H,5H2,2-3H3. The van der Waals surface area contributed by atoms with Crippen LogP contribution in [0.3, 0.4) is 0 Å². The van der Waals surface area contributed by atoms with Gasteiger partial charge in [0.15, 0.2) is 0 Å². The van der Waals surface area contributed by atoms with E-state index in [9.17, 15) is 4.57 Å². The van der Waals surface area contributed by atoms with Crippen LogP contribution in [0.4, 0.5) is 0 Å². The number of terminal acetylenes is 1. The van der Waals surface area contributed by atoms with E-state index < -0.39 is 7.14 Å². The molecule has 0 saturated carbocycles. The van der Waals surface area contributed by atoms with Crippen molar-refractivity contribution in [3.8, 4) is 12.3 Å². The lowest BCUT2D eigenvalue weighted by Gasteiger charge is -1.95. The molecular formula is C5H9OP. The second-order valence-corrected chi connectivity index (χ2v) is 5.40. The van der Waals surface area contributed by atoms with Crippen molar-refractivity contribution in [3.05, 3.63) is 0 Å². The summed E-state index contributed by atoms with van der Waals surface area (Å²) < 4.78 is 10.7. The predicted molar refractivity (Wildman–Crippen MR) is 33.2 cm³/mol. The first-order chi connectivity index (χ1) is 3.06. The average Bonchev–Trinajstić information content (AvgIpc) is 1.30. The smallest absolute Gasteiger partial charge is 0.0932 e. The Morgan fingerprint density at radius 1 is 1.71 bits per heavy atom. The summed E-state index contributed by atoms with van der Waals surface area (Å²) in [6, 6.07) is 0. The van der Waals surface area contributed by atoms with Crippen LogP contribution in [-0.4, -0.2) is 19.5 Å². The molecule has 0 aromatic rings. The molecule has 2 heteroatoms. The van der Waals surface area contributed by atoms with Gasteiger partial charge in [0.05, 0.1) is 13.3 Å². The topological polar surface area (TPSA) is 17.1 Å². The molecule has 0 rings (SSSR count). The lowest BCUT2D eigenvalue weighted by Crippen LogP contribution is -1.77. The molecule has 7 heavy (non-hydrogen) atoms. The molecule has 0 radical (unpaired) electrons. The summed E-state index contributed by atoms with van der Waals surface area (Å²) in [5.41, 5.74) is 0. The molecule has 0 N–H and O–H groups in total. The monoisotopic (exact) mass is 116 g/mol. The zero-order valence-electron chi connectivity index (χ0n) is 4.64. The highest BCUT2D eigenvalue weighted by Gasteiger charge is 2.01. The molecule has 0 unspecified atom stereocenters. The van der Waals surface area contributed by atoms with E-state index >= 15 is 0 Å². The Hall–Kier alpha value is -0.210. The van der Waals surface area contributed by atoms with Crippen molar-refractivity contribution in [2.75, 3.05) is 19.5 Å². The number of hydrogen-bond donors (Lipinski definition) is 0. The summed E-state index contributed by atoms with van der Waals surface area (Å²) in [7, 11) is -1.90. The third kappa shape index (κ3) is 5.79. The highest BCUT2D eigenvalue weighted by Crippen LogP contribution is 2.34. The Balaban J connectivity index is 3.65. The third-order valence-electron chi connectivity index (χ3n) is 0.472. The first-order valence-corrected chi connectivity index (χ1v) is 4.82. The minimum Gasteiger partial charge on any atom is -0.323 e. The summed E-state index contributed by atoms with van der Waals surface area (Å²) >= 11 is 0. The molecule has 0 spiro atoms. The van der Waals surface area contributed by atoms with E-state index in [2.05, 4.69) is 5.92 Å². The van der Waals surface area contributed by atoms with E-state index in [1.54, 1.807) is 13.3 Å². The van der Waals surface area contributed by atoms with Gasteiger partial charge in [-0.2, -0.15) is 0 Å². The molecular weight excluding hydrogens is 107 g/mol.